The summed E-state index contributed by atoms with van der Waals surface area (Å²) in [6.07, 6.45) is 3.21. The largest absolute Gasteiger partial charge is 0.450 e. The number of likely N-dealkylation sites (tertiary alicyclic amines) is 1. The van der Waals surface area contributed by atoms with Crippen molar-refractivity contribution in [3.63, 3.8) is 0 Å². The molecule has 0 aromatic carbocycles. The fourth-order valence-corrected chi connectivity index (χ4v) is 5.70. The van der Waals surface area contributed by atoms with Gasteiger partial charge in [0.1, 0.15) is 0 Å². The molecule has 0 aromatic heterocycles. The lowest BCUT2D eigenvalue weighted by Gasteiger charge is -2.51. The SMILES string of the molecule is CCOC(=O)N1CC2CCC1CC2N1C[C@@H]2[C@H](C1)[C@H]2C(=O)N(CC)OC. The summed E-state index contributed by atoms with van der Waals surface area (Å²) in [5.41, 5.74) is 0. The molecule has 0 N–H and O–H groups in total. The molecule has 5 aliphatic rings. The summed E-state index contributed by atoms with van der Waals surface area (Å²) in [7, 11) is 1.57. The lowest BCUT2D eigenvalue weighted by molar-refractivity contribution is -0.177. The molecule has 7 heteroatoms. The Labute approximate surface area is 155 Å². The Kier molecular flexibility index (Phi) is 4.86. The normalized spacial score (nSPS) is 38.2. The minimum Gasteiger partial charge on any atom is -0.450 e. The predicted molar refractivity (Wildman–Crippen MR) is 95.1 cm³/mol. The lowest BCUT2D eigenvalue weighted by atomic mass is 9.75. The second-order valence-electron chi connectivity index (χ2n) is 8.17. The molecule has 0 spiro atoms. The molecular formula is C19H31N3O4. The number of ether oxygens (including phenoxy) is 1. The van der Waals surface area contributed by atoms with Crippen molar-refractivity contribution in [1.29, 1.82) is 0 Å². The first-order valence-corrected chi connectivity index (χ1v) is 10.1. The fraction of sp³-hybridized carbons (Fsp3) is 0.895. The maximum atomic E-state index is 12.5. The highest BCUT2D eigenvalue weighted by atomic mass is 16.7. The van der Waals surface area contributed by atoms with Gasteiger partial charge in [0.2, 0.25) is 5.91 Å². The van der Waals surface area contributed by atoms with Crippen molar-refractivity contribution in [3.05, 3.63) is 0 Å². The van der Waals surface area contributed by atoms with Crippen LogP contribution in [0.3, 0.4) is 0 Å². The minimum atomic E-state index is -0.144. The van der Waals surface area contributed by atoms with Crippen LogP contribution in [0.15, 0.2) is 0 Å². The molecule has 2 bridgehead atoms. The molecule has 26 heavy (non-hydrogen) atoms. The van der Waals surface area contributed by atoms with E-state index in [1.807, 2.05) is 18.7 Å². The molecule has 0 radical (unpaired) electrons. The van der Waals surface area contributed by atoms with E-state index in [0.717, 1.165) is 32.5 Å². The van der Waals surface area contributed by atoms with Gasteiger partial charge in [-0.3, -0.25) is 14.5 Å². The molecule has 2 amide bonds. The van der Waals surface area contributed by atoms with E-state index in [1.165, 1.54) is 11.5 Å². The van der Waals surface area contributed by atoms with Crippen LogP contribution < -0.4 is 0 Å². The maximum absolute atomic E-state index is 12.5. The molecule has 3 aliphatic heterocycles. The molecule has 2 saturated carbocycles. The number of carbonyl (C=O) groups excluding carboxylic acids is 2. The highest BCUT2D eigenvalue weighted by Crippen LogP contribution is 2.54. The fourth-order valence-electron chi connectivity index (χ4n) is 5.70. The molecule has 3 heterocycles. The van der Waals surface area contributed by atoms with E-state index in [4.69, 9.17) is 9.57 Å². The van der Waals surface area contributed by atoms with Gasteiger partial charge in [-0.15, -0.1) is 0 Å². The van der Waals surface area contributed by atoms with Crippen molar-refractivity contribution in [2.24, 2.45) is 23.7 Å². The molecule has 7 nitrogen and oxygen atoms in total. The van der Waals surface area contributed by atoms with E-state index in [1.54, 1.807) is 7.11 Å². The number of piperidine rings is 3. The summed E-state index contributed by atoms with van der Waals surface area (Å²) in [5.74, 6) is 1.84. The Morgan fingerprint density at radius 1 is 1.12 bits per heavy atom. The highest BCUT2D eigenvalue weighted by Gasteiger charge is 2.62. The maximum Gasteiger partial charge on any atom is 0.410 e. The van der Waals surface area contributed by atoms with Crippen LogP contribution in [0.25, 0.3) is 0 Å². The minimum absolute atomic E-state index is 0.144. The number of hydrogen-bond acceptors (Lipinski definition) is 5. The van der Waals surface area contributed by atoms with Crippen molar-refractivity contribution in [2.45, 2.75) is 45.2 Å². The summed E-state index contributed by atoms with van der Waals surface area (Å²) in [4.78, 5) is 34.4. The second-order valence-corrected chi connectivity index (χ2v) is 8.17. The third-order valence-corrected chi connectivity index (χ3v) is 7.03. The number of hydrogen-bond donors (Lipinski definition) is 0. The van der Waals surface area contributed by atoms with Crippen LogP contribution in [-0.4, -0.2) is 78.8 Å². The number of carbonyl (C=O) groups is 2. The van der Waals surface area contributed by atoms with Crippen molar-refractivity contribution in [1.82, 2.24) is 14.9 Å². The van der Waals surface area contributed by atoms with E-state index >= 15 is 0 Å². The molecule has 146 valence electrons. The summed E-state index contributed by atoms with van der Waals surface area (Å²) >= 11 is 0. The van der Waals surface area contributed by atoms with Gasteiger partial charge in [-0.2, -0.15) is 0 Å². The zero-order valence-corrected chi connectivity index (χ0v) is 16.1. The lowest BCUT2D eigenvalue weighted by Crippen LogP contribution is -2.60. The molecule has 5 rings (SSSR count). The van der Waals surface area contributed by atoms with Gasteiger partial charge in [0.05, 0.1) is 13.7 Å². The summed E-state index contributed by atoms with van der Waals surface area (Å²) in [5, 5.41) is 1.49. The standard InChI is InChI=1S/C19H31N3O4/c1-4-22(25-3)18(23)17-14-10-20(11-15(14)17)16-8-13-7-6-12(16)9-21(13)19(24)26-5-2/h12-17H,4-11H2,1-3H3/t12?,13?,14-,15+,16?,17+. The highest BCUT2D eigenvalue weighted by molar-refractivity contribution is 5.81. The Balaban J connectivity index is 1.32. The van der Waals surface area contributed by atoms with Gasteiger partial charge in [-0.1, -0.05) is 0 Å². The average molecular weight is 365 g/mol. The van der Waals surface area contributed by atoms with Crippen molar-refractivity contribution < 1.29 is 19.2 Å². The molecule has 3 unspecified atom stereocenters. The van der Waals surface area contributed by atoms with Gasteiger partial charge in [0, 0.05) is 44.2 Å². The predicted octanol–water partition coefficient (Wildman–Crippen LogP) is 1.58. The van der Waals surface area contributed by atoms with E-state index in [2.05, 4.69) is 4.90 Å². The van der Waals surface area contributed by atoms with E-state index in [0.29, 0.717) is 43.0 Å². The third kappa shape index (κ3) is 2.89. The Bertz CT molecular complexity index is 555. The van der Waals surface area contributed by atoms with Gasteiger partial charge >= 0.3 is 6.09 Å². The van der Waals surface area contributed by atoms with Crippen molar-refractivity contribution in [3.8, 4) is 0 Å². The molecular weight excluding hydrogens is 334 g/mol. The van der Waals surface area contributed by atoms with Crippen LogP contribution in [0.2, 0.25) is 0 Å². The van der Waals surface area contributed by atoms with Crippen molar-refractivity contribution in [2.75, 3.05) is 39.9 Å². The van der Waals surface area contributed by atoms with Gasteiger partial charge in [-0.25, -0.2) is 9.86 Å². The number of rotatable bonds is 5. The van der Waals surface area contributed by atoms with Gasteiger partial charge in [0.15, 0.2) is 0 Å². The smallest absolute Gasteiger partial charge is 0.410 e. The van der Waals surface area contributed by atoms with E-state index in [9.17, 15) is 9.59 Å². The zero-order valence-electron chi connectivity index (χ0n) is 16.1. The Morgan fingerprint density at radius 3 is 2.38 bits per heavy atom. The zero-order chi connectivity index (χ0) is 18.4. The summed E-state index contributed by atoms with van der Waals surface area (Å²) in [6, 6.07) is 0.884. The Morgan fingerprint density at radius 2 is 1.85 bits per heavy atom. The van der Waals surface area contributed by atoms with Crippen LogP contribution in [0, 0.1) is 23.7 Å². The number of amides is 2. The van der Waals surface area contributed by atoms with Crippen LogP contribution in [-0.2, 0) is 14.4 Å². The Hall–Kier alpha value is -1.34. The first-order valence-electron chi connectivity index (χ1n) is 10.1. The summed E-state index contributed by atoms with van der Waals surface area (Å²) < 4.78 is 5.22. The third-order valence-electron chi connectivity index (χ3n) is 7.03. The van der Waals surface area contributed by atoms with Crippen LogP contribution in [0.1, 0.15) is 33.1 Å². The van der Waals surface area contributed by atoms with E-state index in [-0.39, 0.29) is 17.9 Å². The van der Waals surface area contributed by atoms with Crippen molar-refractivity contribution >= 4 is 12.0 Å². The molecule has 6 atom stereocenters. The second kappa shape index (κ2) is 7.00. The quantitative estimate of drug-likeness (QED) is 0.693. The monoisotopic (exact) mass is 365 g/mol. The van der Waals surface area contributed by atoms with Crippen LogP contribution in [0.5, 0.6) is 0 Å². The van der Waals surface area contributed by atoms with Crippen LogP contribution >= 0.6 is 0 Å². The summed E-state index contributed by atoms with van der Waals surface area (Å²) in [6.45, 7) is 7.73. The number of fused-ring (bicyclic) bond motifs is 4. The average Bonchev–Trinajstić information content (AvgIpc) is 3.16. The van der Waals surface area contributed by atoms with Gasteiger partial charge in [-0.05, 0) is 50.9 Å². The molecule has 0 aromatic rings. The first-order chi connectivity index (χ1) is 12.6. The molecule has 2 aliphatic carbocycles. The topological polar surface area (TPSA) is 62.3 Å². The van der Waals surface area contributed by atoms with Gasteiger partial charge in [0.25, 0.3) is 0 Å². The molecule has 5 fully saturated rings. The van der Waals surface area contributed by atoms with Crippen LogP contribution in [0.4, 0.5) is 4.79 Å². The van der Waals surface area contributed by atoms with E-state index < -0.39 is 0 Å². The molecule has 3 saturated heterocycles. The number of hydroxylamine groups is 2. The number of nitrogens with zero attached hydrogens (tertiary/aromatic N) is 3. The first kappa shape index (κ1) is 18.0. The van der Waals surface area contributed by atoms with Gasteiger partial charge < -0.3 is 9.64 Å².